The standard InChI is InChI=1S/C15H17NO3S/c1-9-3-4-15(20-9)10(2)16-7-11-5-13-14(6-12(11)17)19-8-18-13/h3-6,10,16-17H,7-8H2,1-2H3. The summed E-state index contributed by atoms with van der Waals surface area (Å²) < 4.78 is 10.6. The Kier molecular flexibility index (Phi) is 3.54. The van der Waals surface area contributed by atoms with Crippen LogP contribution in [0.15, 0.2) is 24.3 Å². The molecule has 0 amide bonds. The topological polar surface area (TPSA) is 50.7 Å². The molecule has 20 heavy (non-hydrogen) atoms. The van der Waals surface area contributed by atoms with E-state index in [2.05, 4.69) is 31.3 Å². The number of hydrogen-bond acceptors (Lipinski definition) is 5. The zero-order valence-corrected chi connectivity index (χ0v) is 12.3. The van der Waals surface area contributed by atoms with Crippen LogP contribution in [-0.4, -0.2) is 11.9 Å². The first-order chi connectivity index (χ1) is 9.63. The maximum absolute atomic E-state index is 9.99. The van der Waals surface area contributed by atoms with E-state index < -0.39 is 0 Å². The van der Waals surface area contributed by atoms with Gasteiger partial charge in [0.2, 0.25) is 6.79 Å². The van der Waals surface area contributed by atoms with E-state index in [1.807, 2.05) is 6.07 Å². The Hall–Kier alpha value is -1.72. The molecule has 4 nitrogen and oxygen atoms in total. The monoisotopic (exact) mass is 291 g/mol. The van der Waals surface area contributed by atoms with E-state index in [-0.39, 0.29) is 18.6 Å². The highest BCUT2D eigenvalue weighted by molar-refractivity contribution is 7.12. The number of rotatable bonds is 4. The van der Waals surface area contributed by atoms with Crippen LogP contribution in [0.2, 0.25) is 0 Å². The van der Waals surface area contributed by atoms with Gasteiger partial charge in [-0.2, -0.15) is 0 Å². The van der Waals surface area contributed by atoms with Crippen LogP contribution in [0.3, 0.4) is 0 Å². The number of benzene rings is 1. The Morgan fingerprint density at radius 1 is 1.30 bits per heavy atom. The molecule has 5 heteroatoms. The molecule has 1 aromatic heterocycles. The summed E-state index contributed by atoms with van der Waals surface area (Å²) in [5.41, 5.74) is 0.814. The second kappa shape index (κ2) is 5.34. The number of ether oxygens (including phenoxy) is 2. The van der Waals surface area contributed by atoms with Gasteiger partial charge in [0.1, 0.15) is 5.75 Å². The number of hydrogen-bond donors (Lipinski definition) is 2. The first kappa shape index (κ1) is 13.3. The molecule has 0 aliphatic carbocycles. The van der Waals surface area contributed by atoms with E-state index in [0.717, 1.165) is 5.56 Å². The molecule has 2 heterocycles. The van der Waals surface area contributed by atoms with Crippen molar-refractivity contribution >= 4 is 11.3 Å². The van der Waals surface area contributed by atoms with E-state index in [1.165, 1.54) is 9.75 Å². The third kappa shape index (κ3) is 2.59. The number of fused-ring (bicyclic) bond motifs is 1. The molecular weight excluding hydrogens is 274 g/mol. The van der Waals surface area contributed by atoms with Gasteiger partial charge in [0, 0.05) is 34.0 Å². The first-order valence-corrected chi connectivity index (χ1v) is 7.36. The lowest BCUT2D eigenvalue weighted by atomic mass is 10.1. The lowest BCUT2D eigenvalue weighted by Crippen LogP contribution is -2.17. The lowest BCUT2D eigenvalue weighted by Gasteiger charge is -2.13. The fourth-order valence-electron chi connectivity index (χ4n) is 2.16. The van der Waals surface area contributed by atoms with Gasteiger partial charge in [-0.3, -0.25) is 0 Å². The van der Waals surface area contributed by atoms with Crippen LogP contribution < -0.4 is 14.8 Å². The number of phenolic OH excluding ortho intramolecular Hbond substituents is 1. The third-order valence-electron chi connectivity index (χ3n) is 3.36. The lowest BCUT2D eigenvalue weighted by molar-refractivity contribution is 0.174. The number of aryl methyl sites for hydroxylation is 1. The maximum atomic E-state index is 9.99. The first-order valence-electron chi connectivity index (χ1n) is 6.54. The predicted octanol–water partition coefficient (Wildman–Crippen LogP) is 3.34. The van der Waals surface area contributed by atoms with Crippen molar-refractivity contribution in [3.8, 4) is 17.2 Å². The fraction of sp³-hybridized carbons (Fsp3) is 0.333. The molecule has 0 radical (unpaired) electrons. The second-order valence-electron chi connectivity index (χ2n) is 4.89. The molecule has 1 atom stereocenters. The summed E-state index contributed by atoms with van der Waals surface area (Å²) in [4.78, 5) is 2.60. The smallest absolute Gasteiger partial charge is 0.231 e. The zero-order valence-electron chi connectivity index (χ0n) is 11.5. The molecule has 1 aromatic carbocycles. The van der Waals surface area contributed by atoms with Crippen molar-refractivity contribution in [2.24, 2.45) is 0 Å². The Morgan fingerprint density at radius 3 is 2.75 bits per heavy atom. The van der Waals surface area contributed by atoms with Crippen molar-refractivity contribution < 1.29 is 14.6 Å². The van der Waals surface area contributed by atoms with E-state index in [0.29, 0.717) is 18.0 Å². The largest absolute Gasteiger partial charge is 0.507 e. The van der Waals surface area contributed by atoms with Gasteiger partial charge in [-0.15, -0.1) is 11.3 Å². The van der Waals surface area contributed by atoms with Gasteiger partial charge in [-0.25, -0.2) is 0 Å². The molecule has 0 bridgehead atoms. The number of phenols is 1. The average Bonchev–Trinajstić information content (AvgIpc) is 3.04. The summed E-state index contributed by atoms with van der Waals surface area (Å²) in [6.07, 6.45) is 0. The highest BCUT2D eigenvalue weighted by atomic mass is 32.1. The number of thiophene rings is 1. The summed E-state index contributed by atoms with van der Waals surface area (Å²) in [6.45, 7) is 5.02. The molecule has 1 unspecified atom stereocenters. The summed E-state index contributed by atoms with van der Waals surface area (Å²) in [7, 11) is 0. The van der Waals surface area contributed by atoms with Crippen molar-refractivity contribution in [2.45, 2.75) is 26.4 Å². The Morgan fingerprint density at radius 2 is 2.05 bits per heavy atom. The van der Waals surface area contributed by atoms with Gasteiger partial charge in [0.15, 0.2) is 11.5 Å². The van der Waals surface area contributed by atoms with Crippen LogP contribution in [0.25, 0.3) is 0 Å². The average molecular weight is 291 g/mol. The zero-order chi connectivity index (χ0) is 14.1. The molecule has 0 saturated heterocycles. The highest BCUT2D eigenvalue weighted by Crippen LogP contribution is 2.37. The molecule has 2 N–H and O–H groups in total. The minimum Gasteiger partial charge on any atom is -0.507 e. The third-order valence-corrected chi connectivity index (χ3v) is 4.54. The van der Waals surface area contributed by atoms with Crippen LogP contribution in [0.5, 0.6) is 17.2 Å². The highest BCUT2D eigenvalue weighted by Gasteiger charge is 2.17. The van der Waals surface area contributed by atoms with Crippen molar-refractivity contribution in [3.63, 3.8) is 0 Å². The van der Waals surface area contributed by atoms with Gasteiger partial charge in [0.05, 0.1) is 0 Å². The van der Waals surface area contributed by atoms with Crippen LogP contribution in [0, 0.1) is 6.92 Å². The van der Waals surface area contributed by atoms with Gasteiger partial charge in [0.25, 0.3) is 0 Å². The van der Waals surface area contributed by atoms with Crippen LogP contribution in [-0.2, 0) is 6.54 Å². The second-order valence-corrected chi connectivity index (χ2v) is 6.20. The molecule has 0 saturated carbocycles. The van der Waals surface area contributed by atoms with Crippen molar-refractivity contribution in [3.05, 3.63) is 39.6 Å². The molecule has 3 rings (SSSR count). The minimum absolute atomic E-state index is 0.219. The van der Waals surface area contributed by atoms with E-state index in [1.54, 1.807) is 17.4 Å². The molecule has 1 aliphatic rings. The summed E-state index contributed by atoms with van der Waals surface area (Å²) in [5.74, 6) is 1.53. The minimum atomic E-state index is 0.219. The summed E-state index contributed by atoms with van der Waals surface area (Å²) in [6, 6.07) is 7.95. The summed E-state index contributed by atoms with van der Waals surface area (Å²) in [5, 5.41) is 13.4. The quantitative estimate of drug-likeness (QED) is 0.907. The molecule has 2 aromatic rings. The van der Waals surface area contributed by atoms with E-state index in [9.17, 15) is 5.11 Å². The predicted molar refractivity (Wildman–Crippen MR) is 78.5 cm³/mol. The van der Waals surface area contributed by atoms with Gasteiger partial charge < -0.3 is 19.9 Å². The van der Waals surface area contributed by atoms with Gasteiger partial charge in [-0.1, -0.05) is 0 Å². The van der Waals surface area contributed by atoms with E-state index >= 15 is 0 Å². The molecule has 106 valence electrons. The van der Waals surface area contributed by atoms with Gasteiger partial charge in [-0.05, 0) is 32.0 Å². The SMILES string of the molecule is Cc1ccc(C(C)NCc2cc3c(cc2O)OCO3)s1. The van der Waals surface area contributed by atoms with Crippen LogP contribution in [0.1, 0.15) is 28.3 Å². The molecule has 0 spiro atoms. The van der Waals surface area contributed by atoms with Crippen LogP contribution >= 0.6 is 11.3 Å². The summed E-state index contributed by atoms with van der Waals surface area (Å²) >= 11 is 1.79. The van der Waals surface area contributed by atoms with Crippen molar-refractivity contribution in [2.75, 3.05) is 6.79 Å². The Balaban J connectivity index is 1.69. The normalized spacial score (nSPS) is 14.5. The maximum Gasteiger partial charge on any atom is 0.231 e. The molecule has 0 fully saturated rings. The van der Waals surface area contributed by atoms with E-state index in [4.69, 9.17) is 9.47 Å². The van der Waals surface area contributed by atoms with Crippen molar-refractivity contribution in [1.82, 2.24) is 5.32 Å². The molecular formula is C15H17NO3S. The van der Waals surface area contributed by atoms with Gasteiger partial charge >= 0.3 is 0 Å². The Bertz CT molecular complexity index is 624. The molecule has 1 aliphatic heterocycles. The number of nitrogens with one attached hydrogen (secondary N) is 1. The number of aromatic hydroxyl groups is 1. The van der Waals surface area contributed by atoms with Crippen molar-refractivity contribution in [1.29, 1.82) is 0 Å². The fourth-order valence-corrected chi connectivity index (χ4v) is 3.07. The van der Waals surface area contributed by atoms with Crippen LogP contribution in [0.4, 0.5) is 0 Å². The Labute approximate surface area is 122 Å².